The highest BCUT2D eigenvalue weighted by Gasteiger charge is 2.71. The Morgan fingerprint density at radius 3 is 2.65 bits per heavy atom. The molecule has 0 aliphatic carbocycles. The Labute approximate surface area is 207 Å². The number of halogens is 1. The van der Waals surface area contributed by atoms with Gasteiger partial charge in [0, 0.05) is 35.7 Å². The minimum absolute atomic E-state index is 0.0910. The van der Waals surface area contributed by atoms with Crippen molar-refractivity contribution in [3.05, 3.63) is 53.6 Å². The fourth-order valence-corrected chi connectivity index (χ4v) is 7.76. The number of likely N-dealkylation sites (tertiary alicyclic amines) is 1. The number of hydrogen-bond donors (Lipinski definition) is 1. The van der Waals surface area contributed by atoms with Crippen LogP contribution in [0.4, 0.5) is 5.69 Å². The quantitative estimate of drug-likeness (QED) is 0.366. The van der Waals surface area contributed by atoms with Gasteiger partial charge in [-0.25, -0.2) is 0 Å². The second-order valence-electron chi connectivity index (χ2n) is 9.04. The van der Waals surface area contributed by atoms with Crippen LogP contribution in [0, 0.1) is 11.8 Å². The number of aliphatic hydroxyl groups is 1. The molecule has 9 heteroatoms. The first-order valence-electron chi connectivity index (χ1n) is 11.6. The molecule has 7 nitrogen and oxygen atoms in total. The van der Waals surface area contributed by atoms with E-state index in [9.17, 15) is 14.4 Å². The third kappa shape index (κ3) is 3.76. The summed E-state index contributed by atoms with van der Waals surface area (Å²) in [5.74, 6) is -1.99. The van der Waals surface area contributed by atoms with Crippen molar-refractivity contribution in [1.29, 1.82) is 0 Å². The third-order valence-electron chi connectivity index (χ3n) is 7.11. The standard InChI is InChI=1S/C25H27ClN2O5S/c26-16-7-9-17(10-8-16)27-13-5-11-25-20(19-18(34-25)6-4-15-33-24(19)32)22(30)28(21(25)23(27)31)12-2-1-3-14-29/h4-11,18-21,29H,1-3,12-15H2/t18-,19+,20-,21?,25-/m0/s1. The molecule has 0 saturated carbocycles. The smallest absolute Gasteiger partial charge is 0.311 e. The van der Waals surface area contributed by atoms with Crippen LogP contribution in [0.2, 0.25) is 5.02 Å². The van der Waals surface area contributed by atoms with Crippen molar-refractivity contribution in [3.8, 4) is 0 Å². The van der Waals surface area contributed by atoms with Gasteiger partial charge in [-0.2, -0.15) is 0 Å². The van der Waals surface area contributed by atoms with Crippen LogP contribution in [0.5, 0.6) is 0 Å². The molecule has 0 bridgehead atoms. The fourth-order valence-electron chi connectivity index (χ4n) is 5.63. The number of anilines is 1. The van der Waals surface area contributed by atoms with Crippen LogP contribution in [0.15, 0.2) is 48.6 Å². The van der Waals surface area contributed by atoms with Crippen LogP contribution in [-0.2, 0) is 19.1 Å². The van der Waals surface area contributed by atoms with Crippen molar-refractivity contribution in [3.63, 3.8) is 0 Å². The average Bonchev–Trinajstić information content (AvgIpc) is 3.12. The molecule has 1 aromatic rings. The first-order valence-corrected chi connectivity index (χ1v) is 12.9. The summed E-state index contributed by atoms with van der Waals surface area (Å²) < 4.78 is 4.54. The summed E-state index contributed by atoms with van der Waals surface area (Å²) in [5, 5.41) is 9.51. The van der Waals surface area contributed by atoms with Crippen molar-refractivity contribution in [1.82, 2.24) is 4.90 Å². The van der Waals surface area contributed by atoms with Gasteiger partial charge in [-0.3, -0.25) is 14.4 Å². The zero-order valence-corrected chi connectivity index (χ0v) is 20.2. The summed E-state index contributed by atoms with van der Waals surface area (Å²) in [4.78, 5) is 44.3. The molecule has 2 saturated heterocycles. The molecule has 0 aromatic heterocycles. The Kier molecular flexibility index (Phi) is 6.48. The molecule has 0 radical (unpaired) electrons. The Balaban J connectivity index is 1.55. The van der Waals surface area contributed by atoms with Gasteiger partial charge in [0.25, 0.3) is 5.91 Å². The number of ether oxygens (including phenoxy) is 1. The SMILES string of the molecule is O=C1OCC=C[C@@H]2S[C@]34C=CCN(c5ccc(Cl)cc5)C(=O)C3N(CCCCCO)C(=O)[C@@H]4[C@H]12. The number of cyclic esters (lactones) is 1. The topological polar surface area (TPSA) is 87.2 Å². The van der Waals surface area contributed by atoms with Gasteiger partial charge in [0.05, 0.1) is 16.6 Å². The third-order valence-corrected chi connectivity index (χ3v) is 9.10. The van der Waals surface area contributed by atoms with Crippen LogP contribution >= 0.6 is 23.4 Å². The second kappa shape index (κ2) is 9.40. The molecule has 34 heavy (non-hydrogen) atoms. The van der Waals surface area contributed by atoms with Crippen molar-refractivity contribution in [2.24, 2.45) is 11.8 Å². The number of carbonyl (C=O) groups is 3. The summed E-state index contributed by atoms with van der Waals surface area (Å²) in [5.41, 5.74) is 0.712. The average molecular weight is 503 g/mol. The lowest BCUT2D eigenvalue weighted by Gasteiger charge is -2.35. The lowest BCUT2D eigenvalue weighted by Crippen LogP contribution is -2.53. The van der Waals surface area contributed by atoms with Crippen LogP contribution in [0.25, 0.3) is 0 Å². The van der Waals surface area contributed by atoms with Gasteiger partial charge in [0.15, 0.2) is 0 Å². The van der Waals surface area contributed by atoms with Crippen molar-refractivity contribution >= 4 is 46.8 Å². The van der Waals surface area contributed by atoms with Gasteiger partial charge in [-0.15, -0.1) is 11.8 Å². The molecule has 2 amide bonds. The van der Waals surface area contributed by atoms with Gasteiger partial charge >= 0.3 is 5.97 Å². The van der Waals surface area contributed by atoms with Gasteiger partial charge in [-0.1, -0.05) is 35.9 Å². The van der Waals surface area contributed by atoms with E-state index in [1.807, 2.05) is 24.3 Å². The van der Waals surface area contributed by atoms with E-state index in [1.165, 1.54) is 11.8 Å². The normalized spacial score (nSPS) is 32.2. The lowest BCUT2D eigenvalue weighted by molar-refractivity contribution is -0.151. The van der Waals surface area contributed by atoms with E-state index in [0.717, 1.165) is 6.42 Å². The minimum Gasteiger partial charge on any atom is -0.461 e. The van der Waals surface area contributed by atoms with E-state index < -0.39 is 22.6 Å². The Bertz CT molecular complexity index is 1040. The summed E-state index contributed by atoms with van der Waals surface area (Å²) in [6.07, 6.45) is 9.76. The number of amides is 2. The number of benzene rings is 1. The molecule has 1 unspecified atom stereocenters. The summed E-state index contributed by atoms with van der Waals surface area (Å²) in [6, 6.07) is 6.36. The molecule has 1 aromatic carbocycles. The highest BCUT2D eigenvalue weighted by molar-refractivity contribution is 8.02. The van der Waals surface area contributed by atoms with Crippen LogP contribution in [-0.4, -0.2) is 70.1 Å². The predicted octanol–water partition coefficient (Wildman–Crippen LogP) is 2.82. The second-order valence-corrected chi connectivity index (χ2v) is 11.0. The largest absolute Gasteiger partial charge is 0.461 e. The highest BCUT2D eigenvalue weighted by atomic mass is 35.5. The molecule has 5 rings (SSSR count). The van der Waals surface area contributed by atoms with E-state index in [2.05, 4.69) is 0 Å². The van der Waals surface area contributed by atoms with Gasteiger partial charge in [0.1, 0.15) is 12.6 Å². The fraction of sp³-hybridized carbons (Fsp3) is 0.480. The van der Waals surface area contributed by atoms with Gasteiger partial charge in [-0.05, 0) is 43.5 Å². The molecule has 180 valence electrons. The van der Waals surface area contributed by atoms with Crippen LogP contribution < -0.4 is 4.90 Å². The van der Waals surface area contributed by atoms with Crippen LogP contribution in [0.1, 0.15) is 19.3 Å². The highest BCUT2D eigenvalue weighted by Crippen LogP contribution is 2.61. The van der Waals surface area contributed by atoms with E-state index in [-0.39, 0.29) is 36.2 Å². The molecular weight excluding hydrogens is 476 g/mol. The Morgan fingerprint density at radius 2 is 1.88 bits per heavy atom. The van der Waals surface area contributed by atoms with Crippen molar-refractivity contribution in [2.75, 3.05) is 31.2 Å². The number of rotatable bonds is 6. The Hall–Kier alpha value is -2.29. The molecular formula is C25H27ClN2O5S. The summed E-state index contributed by atoms with van der Waals surface area (Å²) in [6.45, 7) is 1.06. The van der Waals surface area contributed by atoms with Crippen molar-refractivity contribution in [2.45, 2.75) is 35.3 Å². The van der Waals surface area contributed by atoms with E-state index in [4.69, 9.17) is 21.4 Å². The maximum Gasteiger partial charge on any atom is 0.311 e. The zero-order chi connectivity index (χ0) is 23.9. The lowest BCUT2D eigenvalue weighted by atomic mass is 9.78. The molecule has 4 aliphatic rings. The maximum atomic E-state index is 14.1. The monoisotopic (exact) mass is 502 g/mol. The number of unbranched alkanes of at least 4 members (excludes halogenated alkanes) is 2. The molecule has 5 atom stereocenters. The number of carbonyl (C=O) groups excluding carboxylic acids is 3. The number of aliphatic hydroxyl groups excluding tert-OH is 1. The molecule has 1 spiro atoms. The maximum absolute atomic E-state index is 14.1. The van der Waals surface area contributed by atoms with Crippen LogP contribution in [0.3, 0.4) is 0 Å². The zero-order valence-electron chi connectivity index (χ0n) is 18.6. The first-order chi connectivity index (χ1) is 16.5. The van der Waals surface area contributed by atoms with Gasteiger partial charge in [0.2, 0.25) is 5.91 Å². The number of fused-ring (bicyclic) bond motifs is 2. The minimum atomic E-state index is -0.845. The van der Waals surface area contributed by atoms with E-state index in [0.29, 0.717) is 36.6 Å². The van der Waals surface area contributed by atoms with E-state index >= 15 is 0 Å². The summed E-state index contributed by atoms with van der Waals surface area (Å²) in [7, 11) is 0. The van der Waals surface area contributed by atoms with Gasteiger partial charge < -0.3 is 19.6 Å². The number of esters is 1. The van der Waals surface area contributed by atoms with E-state index in [1.54, 1.807) is 34.1 Å². The number of nitrogens with zero attached hydrogens (tertiary/aromatic N) is 2. The van der Waals surface area contributed by atoms with Crippen molar-refractivity contribution < 1.29 is 24.2 Å². The first kappa shape index (κ1) is 23.5. The molecule has 1 N–H and O–H groups in total. The molecule has 2 fully saturated rings. The Morgan fingerprint density at radius 1 is 1.09 bits per heavy atom. The summed E-state index contributed by atoms with van der Waals surface area (Å²) >= 11 is 7.60. The molecule has 4 aliphatic heterocycles. The number of hydrogen-bond acceptors (Lipinski definition) is 6. The predicted molar refractivity (Wildman–Crippen MR) is 131 cm³/mol. The number of thioether (sulfide) groups is 1. The molecule has 4 heterocycles.